The van der Waals surface area contributed by atoms with Gasteiger partial charge in [-0.15, -0.1) is 0 Å². The van der Waals surface area contributed by atoms with Crippen LogP contribution >= 0.6 is 0 Å². The van der Waals surface area contributed by atoms with Gasteiger partial charge in [-0.3, -0.25) is 4.79 Å². The predicted octanol–water partition coefficient (Wildman–Crippen LogP) is 1.98. The summed E-state index contributed by atoms with van der Waals surface area (Å²) in [5.74, 6) is 0.335. The first-order valence-electron chi connectivity index (χ1n) is 7.82. The highest BCUT2D eigenvalue weighted by Crippen LogP contribution is 2.27. The summed E-state index contributed by atoms with van der Waals surface area (Å²) in [5.41, 5.74) is 1.73. The number of carbonyl (C=O) groups excluding carboxylic acids is 1. The molecule has 0 unspecified atom stereocenters. The second-order valence-corrected chi connectivity index (χ2v) is 6.16. The van der Waals surface area contributed by atoms with E-state index in [0.29, 0.717) is 12.3 Å². The molecule has 0 spiro atoms. The van der Waals surface area contributed by atoms with Gasteiger partial charge in [0.1, 0.15) is 5.58 Å². The maximum Gasteiger partial charge on any atom is 0.287 e. The van der Waals surface area contributed by atoms with Gasteiger partial charge in [0.2, 0.25) is 0 Å². The van der Waals surface area contributed by atoms with Crippen LogP contribution in [-0.2, 0) is 6.54 Å². The summed E-state index contributed by atoms with van der Waals surface area (Å²) < 4.78 is 5.84. The Labute approximate surface area is 130 Å². The Bertz CT molecular complexity index is 657. The number of rotatable bonds is 4. The number of nitrogens with zero attached hydrogens (tertiary/aromatic N) is 1. The van der Waals surface area contributed by atoms with Crippen molar-refractivity contribution < 1.29 is 9.21 Å². The van der Waals surface area contributed by atoms with Crippen LogP contribution in [0.1, 0.15) is 29.0 Å². The molecule has 2 N–H and O–H groups in total. The van der Waals surface area contributed by atoms with Crippen molar-refractivity contribution in [2.75, 3.05) is 27.2 Å². The van der Waals surface area contributed by atoms with Gasteiger partial charge in [0, 0.05) is 30.1 Å². The Kier molecular flexibility index (Phi) is 4.45. The summed E-state index contributed by atoms with van der Waals surface area (Å²) >= 11 is 0. The zero-order valence-corrected chi connectivity index (χ0v) is 13.2. The molecular formula is C17H23N3O2. The fourth-order valence-corrected chi connectivity index (χ4v) is 2.98. The number of fused-ring (bicyclic) bond motifs is 1. The fourth-order valence-electron chi connectivity index (χ4n) is 2.98. The molecule has 118 valence electrons. The molecule has 1 aromatic carbocycles. The van der Waals surface area contributed by atoms with Crippen molar-refractivity contribution in [2.45, 2.75) is 25.4 Å². The number of nitrogens with one attached hydrogen (secondary N) is 2. The first-order valence-corrected chi connectivity index (χ1v) is 7.82. The Morgan fingerprint density at radius 3 is 2.95 bits per heavy atom. The van der Waals surface area contributed by atoms with Crippen LogP contribution in [-0.4, -0.2) is 44.0 Å². The first-order chi connectivity index (χ1) is 10.6. The van der Waals surface area contributed by atoms with Gasteiger partial charge < -0.3 is 20.0 Å². The van der Waals surface area contributed by atoms with Crippen LogP contribution in [0.3, 0.4) is 0 Å². The Morgan fingerprint density at radius 1 is 1.41 bits per heavy atom. The molecule has 1 amide bonds. The lowest BCUT2D eigenvalue weighted by Gasteiger charge is -2.23. The van der Waals surface area contributed by atoms with Crippen LogP contribution in [0.2, 0.25) is 0 Å². The standard InChI is InChI=1S/C17H23N3O2/c1-20(2)11-14-13-7-3-4-8-15(13)22-16(14)17(21)19-12-6-5-9-18-10-12/h3-4,7-8,12,18H,5-6,9-11H2,1-2H3,(H,19,21)/t12-/m0/s1. The Hall–Kier alpha value is -1.85. The summed E-state index contributed by atoms with van der Waals surface area (Å²) in [6, 6.07) is 8.01. The number of hydrogen-bond donors (Lipinski definition) is 2. The molecule has 2 heterocycles. The molecule has 0 radical (unpaired) electrons. The van der Waals surface area contributed by atoms with E-state index in [1.807, 2.05) is 38.4 Å². The molecule has 0 aliphatic carbocycles. The molecule has 0 bridgehead atoms. The number of piperidine rings is 1. The molecule has 1 aliphatic heterocycles. The molecule has 1 aromatic heterocycles. The molecule has 1 saturated heterocycles. The van der Waals surface area contributed by atoms with Crippen molar-refractivity contribution in [2.24, 2.45) is 0 Å². The van der Waals surface area contributed by atoms with Crippen molar-refractivity contribution in [3.63, 3.8) is 0 Å². The van der Waals surface area contributed by atoms with Crippen LogP contribution in [0.5, 0.6) is 0 Å². The molecular weight excluding hydrogens is 278 g/mol. The van der Waals surface area contributed by atoms with Gasteiger partial charge in [0.15, 0.2) is 5.76 Å². The topological polar surface area (TPSA) is 57.5 Å². The van der Waals surface area contributed by atoms with Gasteiger partial charge in [-0.1, -0.05) is 18.2 Å². The van der Waals surface area contributed by atoms with Crippen molar-refractivity contribution in [3.8, 4) is 0 Å². The number of carbonyl (C=O) groups is 1. The smallest absolute Gasteiger partial charge is 0.287 e. The highest BCUT2D eigenvalue weighted by molar-refractivity contribution is 5.99. The van der Waals surface area contributed by atoms with Gasteiger partial charge in [-0.25, -0.2) is 0 Å². The summed E-state index contributed by atoms with van der Waals surface area (Å²) in [6.45, 7) is 2.54. The summed E-state index contributed by atoms with van der Waals surface area (Å²) in [7, 11) is 3.99. The van der Waals surface area contributed by atoms with E-state index in [1.54, 1.807) is 0 Å². The van der Waals surface area contributed by atoms with Crippen LogP contribution in [0.25, 0.3) is 11.0 Å². The molecule has 1 aliphatic rings. The van der Waals surface area contributed by atoms with E-state index >= 15 is 0 Å². The van der Waals surface area contributed by atoms with E-state index < -0.39 is 0 Å². The summed E-state index contributed by atoms with van der Waals surface area (Å²) in [4.78, 5) is 14.7. The van der Waals surface area contributed by atoms with E-state index in [0.717, 1.165) is 42.5 Å². The van der Waals surface area contributed by atoms with Crippen LogP contribution in [0.15, 0.2) is 28.7 Å². The number of hydrogen-bond acceptors (Lipinski definition) is 4. The molecule has 5 nitrogen and oxygen atoms in total. The minimum absolute atomic E-state index is 0.109. The van der Waals surface area contributed by atoms with Gasteiger partial charge in [-0.05, 0) is 39.5 Å². The number of furan rings is 1. The lowest BCUT2D eigenvalue weighted by atomic mass is 10.1. The summed E-state index contributed by atoms with van der Waals surface area (Å²) in [6.07, 6.45) is 2.11. The Morgan fingerprint density at radius 2 is 2.23 bits per heavy atom. The third-order valence-electron chi connectivity index (χ3n) is 4.01. The molecule has 5 heteroatoms. The zero-order chi connectivity index (χ0) is 15.5. The van der Waals surface area contributed by atoms with Crippen molar-refractivity contribution in [1.29, 1.82) is 0 Å². The second kappa shape index (κ2) is 6.50. The SMILES string of the molecule is CN(C)Cc1c(C(=O)N[C@H]2CCCNC2)oc2ccccc12. The third kappa shape index (κ3) is 3.15. The lowest BCUT2D eigenvalue weighted by molar-refractivity contribution is 0.0902. The van der Waals surface area contributed by atoms with Crippen molar-refractivity contribution in [1.82, 2.24) is 15.5 Å². The van der Waals surface area contributed by atoms with Gasteiger partial charge in [-0.2, -0.15) is 0 Å². The normalized spacial score (nSPS) is 18.8. The van der Waals surface area contributed by atoms with Gasteiger partial charge in [0.05, 0.1) is 0 Å². The second-order valence-electron chi connectivity index (χ2n) is 6.16. The van der Waals surface area contributed by atoms with Gasteiger partial charge >= 0.3 is 0 Å². The number of para-hydroxylation sites is 1. The third-order valence-corrected chi connectivity index (χ3v) is 4.01. The number of benzene rings is 1. The number of amides is 1. The maximum atomic E-state index is 12.6. The molecule has 2 aromatic rings. The molecule has 0 saturated carbocycles. The fraction of sp³-hybridized carbons (Fsp3) is 0.471. The average Bonchev–Trinajstić information content (AvgIpc) is 2.87. The first kappa shape index (κ1) is 15.1. The molecule has 3 rings (SSSR count). The maximum absolute atomic E-state index is 12.6. The predicted molar refractivity (Wildman–Crippen MR) is 87.0 cm³/mol. The largest absolute Gasteiger partial charge is 0.451 e. The Balaban J connectivity index is 1.89. The van der Waals surface area contributed by atoms with E-state index in [-0.39, 0.29) is 11.9 Å². The molecule has 1 fully saturated rings. The van der Waals surface area contributed by atoms with E-state index in [4.69, 9.17) is 4.42 Å². The minimum atomic E-state index is -0.109. The average molecular weight is 301 g/mol. The van der Waals surface area contributed by atoms with Gasteiger partial charge in [0.25, 0.3) is 5.91 Å². The highest BCUT2D eigenvalue weighted by Gasteiger charge is 2.23. The van der Waals surface area contributed by atoms with E-state index in [1.165, 1.54) is 0 Å². The minimum Gasteiger partial charge on any atom is -0.451 e. The van der Waals surface area contributed by atoms with E-state index in [2.05, 4.69) is 15.5 Å². The molecule has 22 heavy (non-hydrogen) atoms. The van der Waals surface area contributed by atoms with Crippen LogP contribution < -0.4 is 10.6 Å². The van der Waals surface area contributed by atoms with Crippen molar-refractivity contribution in [3.05, 3.63) is 35.6 Å². The zero-order valence-electron chi connectivity index (χ0n) is 13.2. The van der Waals surface area contributed by atoms with Crippen molar-refractivity contribution >= 4 is 16.9 Å². The quantitative estimate of drug-likeness (QED) is 0.906. The van der Waals surface area contributed by atoms with E-state index in [9.17, 15) is 4.79 Å². The summed E-state index contributed by atoms with van der Waals surface area (Å²) in [5, 5.41) is 7.42. The molecule has 1 atom stereocenters. The lowest BCUT2D eigenvalue weighted by Crippen LogP contribution is -2.45. The highest BCUT2D eigenvalue weighted by atomic mass is 16.3. The van der Waals surface area contributed by atoms with Crippen LogP contribution in [0, 0.1) is 0 Å². The van der Waals surface area contributed by atoms with Crippen LogP contribution in [0.4, 0.5) is 0 Å². The monoisotopic (exact) mass is 301 g/mol.